The molecule has 2 unspecified atom stereocenters. The third kappa shape index (κ3) is 5.18. The van der Waals surface area contributed by atoms with E-state index in [0.29, 0.717) is 12.5 Å². The van der Waals surface area contributed by atoms with Crippen molar-refractivity contribution in [2.24, 2.45) is 10.9 Å². The Bertz CT molecular complexity index is 522. The molecule has 0 saturated carbocycles. The second-order valence-corrected chi connectivity index (χ2v) is 6.03. The highest BCUT2D eigenvalue weighted by Crippen LogP contribution is 2.19. The van der Waals surface area contributed by atoms with Crippen molar-refractivity contribution in [3.8, 4) is 0 Å². The summed E-state index contributed by atoms with van der Waals surface area (Å²) in [5, 5.41) is 3.35. The molecule has 0 amide bonds. The van der Waals surface area contributed by atoms with Gasteiger partial charge in [0.1, 0.15) is 11.9 Å². The van der Waals surface area contributed by atoms with Gasteiger partial charge < -0.3 is 19.7 Å². The summed E-state index contributed by atoms with van der Waals surface area (Å²) in [4.78, 5) is 7.00. The second-order valence-electron chi connectivity index (χ2n) is 6.03. The van der Waals surface area contributed by atoms with E-state index in [2.05, 4.69) is 17.1 Å². The Morgan fingerprint density at radius 2 is 2.12 bits per heavy atom. The van der Waals surface area contributed by atoms with Crippen molar-refractivity contribution in [2.45, 2.75) is 19.4 Å². The van der Waals surface area contributed by atoms with Crippen LogP contribution in [0.25, 0.3) is 0 Å². The number of likely N-dealkylation sites (tertiary alicyclic amines) is 1. The largest absolute Gasteiger partial charge is 0.384 e. The second kappa shape index (κ2) is 9.59. The van der Waals surface area contributed by atoms with Crippen molar-refractivity contribution in [3.63, 3.8) is 0 Å². The predicted molar refractivity (Wildman–Crippen MR) is 93.7 cm³/mol. The number of nitrogens with zero attached hydrogens (tertiary/aromatic N) is 2. The van der Waals surface area contributed by atoms with Crippen molar-refractivity contribution >= 4 is 5.96 Å². The highest BCUT2D eigenvalue weighted by Gasteiger charge is 2.25. The first kappa shape index (κ1) is 18.7. The Labute approximate surface area is 143 Å². The molecular formula is C18H28FN3O2. The number of nitrogens with one attached hydrogen (secondary N) is 1. The summed E-state index contributed by atoms with van der Waals surface area (Å²) in [7, 11) is 3.40. The smallest absolute Gasteiger partial charge is 0.194 e. The van der Waals surface area contributed by atoms with Gasteiger partial charge in [-0.25, -0.2) is 4.39 Å². The fourth-order valence-electron chi connectivity index (χ4n) is 2.99. The van der Waals surface area contributed by atoms with Gasteiger partial charge in [-0.2, -0.15) is 0 Å². The maximum Gasteiger partial charge on any atom is 0.194 e. The molecule has 0 bridgehead atoms. The Hall–Kier alpha value is -1.66. The topological polar surface area (TPSA) is 46.1 Å². The van der Waals surface area contributed by atoms with E-state index in [-0.39, 0.29) is 11.9 Å². The molecule has 2 atom stereocenters. The van der Waals surface area contributed by atoms with Crippen LogP contribution < -0.4 is 5.32 Å². The molecule has 1 N–H and O–H groups in total. The number of aliphatic imine (C=N–C) groups is 1. The minimum absolute atomic E-state index is 0.184. The minimum Gasteiger partial charge on any atom is -0.384 e. The number of hydrogen-bond acceptors (Lipinski definition) is 3. The Morgan fingerprint density at radius 3 is 2.75 bits per heavy atom. The van der Waals surface area contributed by atoms with Crippen LogP contribution in [0.5, 0.6) is 0 Å². The van der Waals surface area contributed by atoms with Gasteiger partial charge in [0, 0.05) is 39.8 Å². The summed E-state index contributed by atoms with van der Waals surface area (Å²) >= 11 is 0. The van der Waals surface area contributed by atoms with E-state index in [1.807, 2.05) is 0 Å². The van der Waals surface area contributed by atoms with E-state index in [1.54, 1.807) is 26.4 Å². The molecule has 1 saturated heterocycles. The van der Waals surface area contributed by atoms with Crippen molar-refractivity contribution in [2.75, 3.05) is 47.0 Å². The molecule has 2 rings (SSSR count). The molecule has 0 aliphatic carbocycles. The first-order chi connectivity index (χ1) is 11.7. The average molecular weight is 337 g/mol. The molecule has 1 aliphatic rings. The molecule has 1 aliphatic heterocycles. The first-order valence-corrected chi connectivity index (χ1v) is 8.48. The minimum atomic E-state index is -0.244. The lowest BCUT2D eigenvalue weighted by Crippen LogP contribution is -2.40. The summed E-state index contributed by atoms with van der Waals surface area (Å²) in [6.45, 7) is 6.09. The molecule has 5 nitrogen and oxygen atoms in total. The highest BCUT2D eigenvalue weighted by atomic mass is 19.1. The van der Waals surface area contributed by atoms with Gasteiger partial charge in [-0.15, -0.1) is 0 Å². The van der Waals surface area contributed by atoms with Crippen LogP contribution in [0, 0.1) is 11.7 Å². The van der Waals surface area contributed by atoms with E-state index >= 15 is 0 Å². The highest BCUT2D eigenvalue weighted by molar-refractivity contribution is 5.80. The van der Waals surface area contributed by atoms with Gasteiger partial charge in [-0.05, 0) is 31.0 Å². The monoisotopic (exact) mass is 337 g/mol. The van der Waals surface area contributed by atoms with Crippen LogP contribution in [-0.2, 0) is 9.47 Å². The number of hydrogen-bond donors (Lipinski definition) is 1. The van der Waals surface area contributed by atoms with Crippen molar-refractivity contribution < 1.29 is 13.9 Å². The Balaban J connectivity index is 2.02. The normalized spacial score (nSPS) is 19.6. The molecule has 0 spiro atoms. The van der Waals surface area contributed by atoms with E-state index in [0.717, 1.165) is 44.2 Å². The van der Waals surface area contributed by atoms with Crippen LogP contribution in [0.4, 0.5) is 4.39 Å². The van der Waals surface area contributed by atoms with Crippen molar-refractivity contribution in [3.05, 3.63) is 35.6 Å². The summed E-state index contributed by atoms with van der Waals surface area (Å²) in [6, 6.07) is 6.39. The number of methoxy groups -OCH3 is 2. The lowest BCUT2D eigenvalue weighted by Gasteiger charge is -2.23. The van der Waals surface area contributed by atoms with E-state index in [9.17, 15) is 4.39 Å². The summed E-state index contributed by atoms with van der Waals surface area (Å²) in [5.41, 5.74) is 0.928. The third-order valence-corrected chi connectivity index (χ3v) is 4.26. The Kier molecular flexibility index (Phi) is 7.46. The third-order valence-electron chi connectivity index (χ3n) is 4.26. The molecule has 1 aromatic carbocycles. The van der Waals surface area contributed by atoms with Crippen LogP contribution in [0.3, 0.4) is 0 Å². The number of guanidine groups is 1. The molecule has 6 heteroatoms. The number of benzene rings is 1. The number of rotatable bonds is 7. The van der Waals surface area contributed by atoms with Crippen LogP contribution in [0.2, 0.25) is 0 Å². The van der Waals surface area contributed by atoms with Gasteiger partial charge in [0.15, 0.2) is 5.96 Å². The summed E-state index contributed by atoms with van der Waals surface area (Å²) in [5.74, 6) is 1.21. The fraction of sp³-hybridized carbons (Fsp3) is 0.611. The van der Waals surface area contributed by atoms with Gasteiger partial charge in [0.2, 0.25) is 0 Å². The van der Waals surface area contributed by atoms with E-state index in [1.165, 1.54) is 12.1 Å². The molecule has 134 valence electrons. The molecule has 0 radical (unpaired) electrons. The molecular weight excluding hydrogens is 309 g/mol. The fourth-order valence-corrected chi connectivity index (χ4v) is 2.99. The quantitative estimate of drug-likeness (QED) is 0.613. The molecule has 1 heterocycles. The maximum absolute atomic E-state index is 13.1. The van der Waals surface area contributed by atoms with Gasteiger partial charge >= 0.3 is 0 Å². The zero-order chi connectivity index (χ0) is 17.4. The van der Waals surface area contributed by atoms with Gasteiger partial charge in [-0.1, -0.05) is 12.1 Å². The van der Waals surface area contributed by atoms with Crippen LogP contribution >= 0.6 is 0 Å². The van der Waals surface area contributed by atoms with Crippen molar-refractivity contribution in [1.29, 1.82) is 0 Å². The van der Waals surface area contributed by atoms with E-state index < -0.39 is 0 Å². The van der Waals surface area contributed by atoms with E-state index in [4.69, 9.17) is 14.5 Å². The average Bonchev–Trinajstić information content (AvgIpc) is 3.04. The lowest BCUT2D eigenvalue weighted by molar-refractivity contribution is 0.110. The maximum atomic E-state index is 13.1. The molecule has 1 fully saturated rings. The molecule has 1 aromatic rings. The first-order valence-electron chi connectivity index (χ1n) is 8.48. The standard InChI is InChI=1S/C18H28FN3O2/c1-4-20-18(22-10-9-14(12-22)13-23-2)21-11-17(24-3)15-5-7-16(19)8-6-15/h5-8,14,17H,4,9-13H2,1-3H3,(H,20,21). The van der Waals surface area contributed by atoms with Gasteiger partial charge in [-0.3, -0.25) is 4.99 Å². The van der Waals surface area contributed by atoms with Crippen molar-refractivity contribution in [1.82, 2.24) is 10.2 Å². The summed E-state index contributed by atoms with van der Waals surface area (Å²) < 4.78 is 23.9. The van der Waals surface area contributed by atoms with Gasteiger partial charge in [0.05, 0.1) is 13.2 Å². The number of halogens is 1. The van der Waals surface area contributed by atoms with Crippen LogP contribution in [-0.4, -0.2) is 57.9 Å². The predicted octanol–water partition coefficient (Wildman–Crippen LogP) is 2.45. The van der Waals surface area contributed by atoms with Gasteiger partial charge in [0.25, 0.3) is 0 Å². The molecule has 24 heavy (non-hydrogen) atoms. The summed E-state index contributed by atoms with van der Waals surface area (Å²) in [6.07, 6.45) is 0.931. The van der Waals surface area contributed by atoms with Crippen LogP contribution in [0.1, 0.15) is 25.0 Å². The Morgan fingerprint density at radius 1 is 1.38 bits per heavy atom. The zero-order valence-electron chi connectivity index (χ0n) is 14.8. The number of ether oxygens (including phenoxy) is 2. The zero-order valence-corrected chi connectivity index (χ0v) is 14.8. The SMILES string of the molecule is CCNC(=NCC(OC)c1ccc(F)cc1)N1CCC(COC)C1. The molecule has 0 aromatic heterocycles. The lowest BCUT2D eigenvalue weighted by atomic mass is 10.1. The van der Waals surface area contributed by atoms with Crippen LogP contribution in [0.15, 0.2) is 29.3 Å².